The van der Waals surface area contributed by atoms with Crippen molar-refractivity contribution in [1.82, 2.24) is 0 Å². The molecule has 0 radical (unpaired) electrons. The van der Waals surface area contributed by atoms with Crippen LogP contribution in [0.2, 0.25) is 5.02 Å². The summed E-state index contributed by atoms with van der Waals surface area (Å²) in [6.07, 6.45) is 0.895. The fraction of sp³-hybridized carbons (Fsp3) is 0.273. The number of phenolic OH excluding ortho intramolecular Hbond substituents is 1. The van der Waals surface area contributed by atoms with Crippen LogP contribution >= 0.6 is 38.9 Å². The van der Waals surface area contributed by atoms with Crippen LogP contribution < -0.4 is 0 Å². The number of rotatable bonds is 8. The lowest BCUT2D eigenvalue weighted by atomic mass is 10.0. The molecule has 0 saturated carbocycles. The van der Waals surface area contributed by atoms with Crippen LogP contribution in [0.25, 0.3) is 6.08 Å². The Morgan fingerprint density at radius 1 is 1.22 bits per heavy atom. The molecule has 0 amide bonds. The van der Waals surface area contributed by atoms with Crippen molar-refractivity contribution in [3.8, 4) is 11.8 Å². The van der Waals surface area contributed by atoms with Crippen LogP contribution in [0.15, 0.2) is 22.2 Å². The molecule has 0 fully saturated rings. The smallest absolute Gasteiger partial charge is 0.348 e. The standard InChI is InChI=1S/C22H19BrClNO6S/c1-4-30-21(28)18-11(3)20(22(29)31-5-2)32-17(18)9-16(26)13(10-25)6-12-7-14(24)8-15(23)19(12)27/h6-8,27H,4-5,9H2,1-3H3. The number of nitrogens with zero attached hydrogens (tertiary/aromatic N) is 1. The van der Waals surface area contributed by atoms with Crippen molar-refractivity contribution in [2.24, 2.45) is 0 Å². The lowest BCUT2D eigenvalue weighted by Gasteiger charge is -2.06. The van der Waals surface area contributed by atoms with E-state index in [1.54, 1.807) is 20.8 Å². The summed E-state index contributed by atoms with van der Waals surface area (Å²) >= 11 is 10.1. The quantitative estimate of drug-likeness (QED) is 0.276. The number of benzene rings is 1. The van der Waals surface area contributed by atoms with Gasteiger partial charge in [-0.15, -0.1) is 11.3 Å². The zero-order valence-corrected chi connectivity index (χ0v) is 20.6. The Morgan fingerprint density at radius 3 is 2.44 bits per heavy atom. The van der Waals surface area contributed by atoms with Gasteiger partial charge in [-0.25, -0.2) is 9.59 Å². The Kier molecular flexibility index (Phi) is 9.01. The van der Waals surface area contributed by atoms with Gasteiger partial charge in [0.1, 0.15) is 16.7 Å². The summed E-state index contributed by atoms with van der Waals surface area (Å²) in [4.78, 5) is 38.1. The first-order chi connectivity index (χ1) is 15.1. The number of ether oxygens (including phenoxy) is 2. The minimum absolute atomic E-state index is 0.110. The summed E-state index contributed by atoms with van der Waals surface area (Å²) in [5.74, 6) is -2.06. The molecule has 0 spiro atoms. The molecule has 10 heteroatoms. The van der Waals surface area contributed by atoms with E-state index in [2.05, 4.69) is 15.9 Å². The third-order valence-electron chi connectivity index (χ3n) is 4.26. The Labute approximate surface area is 202 Å². The summed E-state index contributed by atoms with van der Waals surface area (Å²) in [6, 6.07) is 4.69. The van der Waals surface area contributed by atoms with Gasteiger partial charge in [-0.3, -0.25) is 4.79 Å². The second kappa shape index (κ2) is 11.3. The second-order valence-corrected chi connectivity index (χ2v) is 8.79. The molecule has 0 aliphatic carbocycles. The van der Waals surface area contributed by atoms with Gasteiger partial charge in [-0.1, -0.05) is 11.6 Å². The third-order valence-corrected chi connectivity index (χ3v) is 6.35. The monoisotopic (exact) mass is 539 g/mol. The van der Waals surface area contributed by atoms with Crippen LogP contribution in [-0.4, -0.2) is 36.0 Å². The first-order valence-corrected chi connectivity index (χ1v) is 11.4. The molecule has 1 N–H and O–H groups in total. The van der Waals surface area contributed by atoms with Crippen molar-refractivity contribution in [1.29, 1.82) is 5.26 Å². The molecule has 0 bridgehead atoms. The Balaban J connectivity index is 2.49. The Morgan fingerprint density at radius 2 is 1.84 bits per heavy atom. The lowest BCUT2D eigenvalue weighted by molar-refractivity contribution is -0.114. The van der Waals surface area contributed by atoms with Crippen LogP contribution in [0, 0.1) is 18.3 Å². The van der Waals surface area contributed by atoms with E-state index in [4.69, 9.17) is 21.1 Å². The minimum Gasteiger partial charge on any atom is -0.506 e. The van der Waals surface area contributed by atoms with Crippen LogP contribution in [0.3, 0.4) is 0 Å². The van der Waals surface area contributed by atoms with Gasteiger partial charge < -0.3 is 14.6 Å². The SMILES string of the molecule is CCOC(=O)c1sc(CC(=O)C(C#N)=Cc2cc(Cl)cc(Br)c2O)c(C(=O)OCC)c1C. The number of allylic oxidation sites excluding steroid dienone is 1. The number of halogens is 2. The fourth-order valence-electron chi connectivity index (χ4n) is 2.83. The maximum absolute atomic E-state index is 12.9. The molecule has 32 heavy (non-hydrogen) atoms. The average molecular weight is 541 g/mol. The van der Waals surface area contributed by atoms with Crippen molar-refractivity contribution in [3.05, 3.63) is 53.6 Å². The fourth-order valence-corrected chi connectivity index (χ4v) is 4.85. The number of carbonyl (C=O) groups is 3. The van der Waals surface area contributed by atoms with Gasteiger partial charge in [0.15, 0.2) is 5.78 Å². The summed E-state index contributed by atoms with van der Waals surface area (Å²) < 4.78 is 10.4. The summed E-state index contributed by atoms with van der Waals surface area (Å²) in [7, 11) is 0. The normalized spacial score (nSPS) is 11.1. The van der Waals surface area contributed by atoms with Crippen LogP contribution in [0.4, 0.5) is 0 Å². The number of hydrogen-bond donors (Lipinski definition) is 1. The number of ketones is 1. The van der Waals surface area contributed by atoms with Gasteiger partial charge in [0.05, 0.1) is 28.8 Å². The molecule has 1 aromatic heterocycles. The highest BCUT2D eigenvalue weighted by Gasteiger charge is 2.28. The molecule has 1 heterocycles. The van der Waals surface area contributed by atoms with E-state index in [-0.39, 0.29) is 51.8 Å². The summed E-state index contributed by atoms with van der Waals surface area (Å²) in [5.41, 5.74) is 0.384. The number of esters is 2. The zero-order chi connectivity index (χ0) is 24.0. The number of thiophene rings is 1. The number of Topliss-reactive ketones (excluding diaryl/α,β-unsaturated/α-hetero) is 1. The molecule has 7 nitrogen and oxygen atoms in total. The number of carbonyl (C=O) groups excluding carboxylic acids is 3. The van der Waals surface area contributed by atoms with E-state index in [1.807, 2.05) is 6.07 Å². The van der Waals surface area contributed by atoms with E-state index in [0.29, 0.717) is 15.1 Å². The molecule has 2 aromatic rings. The van der Waals surface area contributed by atoms with Crippen molar-refractivity contribution in [3.63, 3.8) is 0 Å². The highest BCUT2D eigenvalue weighted by Crippen LogP contribution is 2.34. The average Bonchev–Trinajstić information content (AvgIpc) is 3.05. The van der Waals surface area contributed by atoms with Crippen LogP contribution in [-0.2, 0) is 20.7 Å². The summed E-state index contributed by atoms with van der Waals surface area (Å²) in [6.45, 7) is 5.14. The molecular formula is C22H19BrClNO6S. The molecule has 2 rings (SSSR count). The van der Waals surface area contributed by atoms with Crippen LogP contribution in [0.1, 0.15) is 49.9 Å². The second-order valence-electron chi connectivity index (χ2n) is 6.39. The minimum atomic E-state index is -0.668. The highest BCUT2D eigenvalue weighted by molar-refractivity contribution is 9.10. The van der Waals surface area contributed by atoms with Gasteiger partial charge >= 0.3 is 11.9 Å². The van der Waals surface area contributed by atoms with Gasteiger partial charge in [-0.2, -0.15) is 5.26 Å². The maximum Gasteiger partial charge on any atom is 0.348 e. The largest absolute Gasteiger partial charge is 0.506 e. The Hall–Kier alpha value is -2.67. The molecular weight excluding hydrogens is 522 g/mol. The Bertz CT molecular complexity index is 1150. The van der Waals surface area contributed by atoms with E-state index in [0.717, 1.165) is 11.3 Å². The van der Waals surface area contributed by atoms with Crippen LogP contribution in [0.5, 0.6) is 5.75 Å². The molecule has 0 unspecified atom stereocenters. The molecule has 0 aliphatic heterocycles. The van der Waals surface area contributed by atoms with Crippen molar-refractivity contribution >= 4 is 62.7 Å². The predicted molar refractivity (Wildman–Crippen MR) is 124 cm³/mol. The zero-order valence-electron chi connectivity index (χ0n) is 17.5. The van der Waals surface area contributed by atoms with E-state index < -0.39 is 17.7 Å². The van der Waals surface area contributed by atoms with Gasteiger partial charge in [0.2, 0.25) is 0 Å². The van der Waals surface area contributed by atoms with Gasteiger partial charge in [0, 0.05) is 21.9 Å². The maximum atomic E-state index is 12.9. The topological polar surface area (TPSA) is 114 Å². The third kappa shape index (κ3) is 5.76. The van der Waals surface area contributed by atoms with Gasteiger partial charge in [-0.05, 0) is 60.5 Å². The first kappa shape index (κ1) is 25.6. The van der Waals surface area contributed by atoms with Crippen molar-refractivity contribution < 1.29 is 29.0 Å². The highest BCUT2D eigenvalue weighted by atomic mass is 79.9. The van der Waals surface area contributed by atoms with Gasteiger partial charge in [0.25, 0.3) is 0 Å². The molecule has 0 aliphatic rings. The molecule has 1 aromatic carbocycles. The summed E-state index contributed by atoms with van der Waals surface area (Å²) in [5, 5.41) is 20.0. The predicted octanol–water partition coefficient (Wildman–Crippen LogP) is 5.25. The number of nitriles is 1. The molecule has 0 atom stereocenters. The number of hydrogen-bond acceptors (Lipinski definition) is 8. The lowest BCUT2D eigenvalue weighted by Crippen LogP contribution is -2.12. The van der Waals surface area contributed by atoms with E-state index in [1.165, 1.54) is 18.2 Å². The van der Waals surface area contributed by atoms with Crippen molar-refractivity contribution in [2.45, 2.75) is 27.2 Å². The first-order valence-electron chi connectivity index (χ1n) is 9.43. The number of phenols is 1. The number of aromatic hydroxyl groups is 1. The van der Waals surface area contributed by atoms with Crippen molar-refractivity contribution in [2.75, 3.05) is 13.2 Å². The van der Waals surface area contributed by atoms with E-state index >= 15 is 0 Å². The van der Waals surface area contributed by atoms with E-state index in [9.17, 15) is 24.8 Å². The molecule has 0 saturated heterocycles. The molecule has 168 valence electrons.